The van der Waals surface area contributed by atoms with Crippen LogP contribution in [0.3, 0.4) is 0 Å². The van der Waals surface area contributed by atoms with Gasteiger partial charge in [0.05, 0.1) is 6.04 Å². The monoisotopic (exact) mass is 413 g/mol. The van der Waals surface area contributed by atoms with Crippen molar-refractivity contribution in [2.75, 3.05) is 13.7 Å². The first-order valence-corrected chi connectivity index (χ1v) is 9.21. The molecule has 1 aromatic rings. The molecular weight excluding hydrogens is 382 g/mol. The fourth-order valence-electron chi connectivity index (χ4n) is 2.62. The molecular formula is C19H31N3O7. The van der Waals surface area contributed by atoms with Crippen LogP contribution in [0.5, 0.6) is 5.75 Å². The summed E-state index contributed by atoms with van der Waals surface area (Å²) in [7, 11) is 2.80. The lowest BCUT2D eigenvalue weighted by molar-refractivity contribution is 0.0181. The number of carbonyl (C=O) groups excluding carboxylic acids is 1. The fraction of sp³-hybridized carbons (Fsp3) is 0.684. The summed E-state index contributed by atoms with van der Waals surface area (Å²) in [4.78, 5) is 41.6. The third kappa shape index (κ3) is 6.18. The maximum Gasteiger partial charge on any atom is 0.410 e. The van der Waals surface area contributed by atoms with Crippen molar-refractivity contribution in [2.24, 2.45) is 12.5 Å². The van der Waals surface area contributed by atoms with Crippen molar-refractivity contribution in [1.29, 1.82) is 0 Å². The summed E-state index contributed by atoms with van der Waals surface area (Å²) >= 11 is 0. The van der Waals surface area contributed by atoms with Crippen LogP contribution in [0, 0.1) is 5.41 Å². The maximum absolute atomic E-state index is 12.6. The average molecular weight is 413 g/mol. The molecule has 0 saturated carbocycles. The molecule has 3 N–H and O–H groups in total. The van der Waals surface area contributed by atoms with Gasteiger partial charge in [0.2, 0.25) is 5.75 Å². The van der Waals surface area contributed by atoms with Crippen LogP contribution < -0.4 is 5.56 Å². The highest BCUT2D eigenvalue weighted by atomic mass is 16.6. The summed E-state index contributed by atoms with van der Waals surface area (Å²) in [5.74, 6) is -2.54. The lowest BCUT2D eigenvalue weighted by Gasteiger charge is -2.33. The molecule has 1 unspecified atom stereocenters. The van der Waals surface area contributed by atoms with Crippen molar-refractivity contribution in [3.8, 4) is 5.75 Å². The van der Waals surface area contributed by atoms with Crippen LogP contribution in [0.15, 0.2) is 4.79 Å². The molecule has 0 aliphatic rings. The molecule has 1 aromatic heterocycles. The molecule has 1 atom stereocenters. The number of aliphatic hydroxyl groups is 1. The number of hydrogen-bond donors (Lipinski definition) is 3. The Morgan fingerprint density at radius 2 is 1.79 bits per heavy atom. The van der Waals surface area contributed by atoms with Crippen LogP contribution in [0.25, 0.3) is 0 Å². The molecule has 10 nitrogen and oxygen atoms in total. The predicted molar refractivity (Wildman–Crippen MR) is 105 cm³/mol. The van der Waals surface area contributed by atoms with Crippen LogP contribution in [0.2, 0.25) is 0 Å². The summed E-state index contributed by atoms with van der Waals surface area (Å²) in [5.41, 5.74) is -2.96. The Morgan fingerprint density at radius 1 is 1.24 bits per heavy atom. The number of rotatable bonds is 7. The molecule has 0 saturated heterocycles. The number of aromatic nitrogens is 2. The molecule has 0 aliphatic heterocycles. The molecule has 29 heavy (non-hydrogen) atoms. The summed E-state index contributed by atoms with van der Waals surface area (Å²) in [6, 6.07) is -0.827. The zero-order valence-corrected chi connectivity index (χ0v) is 18.0. The Bertz CT molecular complexity index is 824. The first-order valence-electron chi connectivity index (χ1n) is 9.21. The average Bonchev–Trinajstić information content (AvgIpc) is 2.59. The first-order chi connectivity index (χ1) is 13.1. The van der Waals surface area contributed by atoms with Gasteiger partial charge in [-0.1, -0.05) is 13.8 Å². The number of carboxylic acid groups (broad SMARTS) is 1. The topological polar surface area (TPSA) is 142 Å². The standard InChI is InChI=1S/C19H31N3O7/c1-18(2,3)29-17(28)21(6)11(8-9-19(4,5)10-23)14-20-12(16(26)27)13(24)15(25)22(14)7/h11,23-24H,8-10H2,1-7H3,(H,26,27). The predicted octanol–water partition coefficient (Wildman–Crippen LogP) is 1.89. The molecule has 1 amide bonds. The number of carboxylic acids is 1. The van der Waals surface area contributed by atoms with Gasteiger partial charge in [-0.05, 0) is 39.0 Å². The normalized spacial score (nSPS) is 13.1. The summed E-state index contributed by atoms with van der Waals surface area (Å²) in [6.45, 7) is 8.70. The third-order valence-electron chi connectivity index (χ3n) is 4.47. The van der Waals surface area contributed by atoms with Gasteiger partial charge in [0.1, 0.15) is 11.4 Å². The molecule has 0 fully saturated rings. The van der Waals surface area contributed by atoms with Gasteiger partial charge in [0.25, 0.3) is 5.56 Å². The summed E-state index contributed by atoms with van der Waals surface area (Å²) < 4.78 is 6.40. The SMILES string of the molecule is CN(C(=O)OC(C)(C)C)C(CCC(C)(C)CO)c1nc(C(=O)O)c(O)c(=O)n1C. The van der Waals surface area contributed by atoms with E-state index in [9.17, 15) is 29.7 Å². The van der Waals surface area contributed by atoms with Gasteiger partial charge in [-0.2, -0.15) is 0 Å². The van der Waals surface area contributed by atoms with Gasteiger partial charge in [-0.25, -0.2) is 14.6 Å². The van der Waals surface area contributed by atoms with Gasteiger partial charge < -0.3 is 25.0 Å². The number of aromatic hydroxyl groups is 1. The quantitative estimate of drug-likeness (QED) is 0.615. The Hall–Kier alpha value is -2.62. The molecule has 0 aromatic carbocycles. The van der Waals surface area contributed by atoms with Crippen molar-refractivity contribution in [1.82, 2.24) is 14.5 Å². The lowest BCUT2D eigenvalue weighted by atomic mass is 9.87. The first kappa shape index (κ1) is 24.4. The highest BCUT2D eigenvalue weighted by molar-refractivity contribution is 5.88. The van der Waals surface area contributed by atoms with Crippen LogP contribution in [-0.4, -0.2) is 61.1 Å². The Labute approximate surface area is 169 Å². The van der Waals surface area contributed by atoms with E-state index in [-0.39, 0.29) is 18.9 Å². The van der Waals surface area contributed by atoms with E-state index in [2.05, 4.69) is 4.98 Å². The van der Waals surface area contributed by atoms with Gasteiger partial charge in [0, 0.05) is 20.7 Å². The highest BCUT2D eigenvalue weighted by Crippen LogP contribution is 2.31. The summed E-state index contributed by atoms with van der Waals surface area (Å²) in [6.07, 6.45) is 0.0388. The Morgan fingerprint density at radius 3 is 2.24 bits per heavy atom. The van der Waals surface area contributed by atoms with Gasteiger partial charge in [-0.3, -0.25) is 9.36 Å². The number of amides is 1. The molecule has 0 radical (unpaired) electrons. The minimum absolute atomic E-state index is 0.00713. The van der Waals surface area contributed by atoms with Gasteiger partial charge in [-0.15, -0.1) is 0 Å². The third-order valence-corrected chi connectivity index (χ3v) is 4.47. The van der Waals surface area contributed by atoms with Crippen molar-refractivity contribution >= 4 is 12.1 Å². The van der Waals surface area contributed by atoms with Crippen molar-refractivity contribution in [2.45, 2.75) is 59.1 Å². The van der Waals surface area contributed by atoms with Crippen LogP contribution in [0.4, 0.5) is 4.79 Å². The second-order valence-electron chi connectivity index (χ2n) is 8.80. The Balaban J connectivity index is 3.50. The van der Waals surface area contributed by atoms with E-state index in [1.165, 1.54) is 19.0 Å². The number of ether oxygens (including phenoxy) is 1. The van der Waals surface area contributed by atoms with E-state index in [1.54, 1.807) is 20.8 Å². The minimum Gasteiger partial charge on any atom is -0.501 e. The molecule has 0 bridgehead atoms. The zero-order chi connectivity index (χ0) is 22.7. The van der Waals surface area contributed by atoms with Crippen LogP contribution in [-0.2, 0) is 11.8 Å². The van der Waals surface area contributed by atoms with Crippen molar-refractivity contribution in [3.63, 3.8) is 0 Å². The van der Waals surface area contributed by atoms with E-state index in [0.717, 1.165) is 4.57 Å². The van der Waals surface area contributed by atoms with E-state index < -0.39 is 46.1 Å². The zero-order valence-electron chi connectivity index (χ0n) is 18.0. The largest absolute Gasteiger partial charge is 0.501 e. The number of aromatic carboxylic acids is 1. The molecule has 1 heterocycles. The lowest BCUT2D eigenvalue weighted by Crippen LogP contribution is -2.40. The van der Waals surface area contributed by atoms with Crippen LogP contribution >= 0.6 is 0 Å². The molecule has 10 heteroatoms. The van der Waals surface area contributed by atoms with Crippen molar-refractivity contribution in [3.05, 3.63) is 21.9 Å². The maximum atomic E-state index is 12.6. The molecule has 1 rings (SSSR count). The number of carbonyl (C=O) groups is 2. The van der Waals surface area contributed by atoms with E-state index in [0.29, 0.717) is 6.42 Å². The molecule has 164 valence electrons. The van der Waals surface area contributed by atoms with E-state index in [1.807, 2.05) is 13.8 Å². The number of nitrogens with zero attached hydrogens (tertiary/aromatic N) is 3. The smallest absolute Gasteiger partial charge is 0.410 e. The second kappa shape index (κ2) is 8.81. The summed E-state index contributed by atoms with van der Waals surface area (Å²) in [5, 5.41) is 28.7. The minimum atomic E-state index is -1.56. The Kier molecular flexibility index (Phi) is 7.42. The van der Waals surface area contributed by atoms with Crippen LogP contribution in [0.1, 0.15) is 69.8 Å². The molecule has 0 spiro atoms. The van der Waals surface area contributed by atoms with E-state index in [4.69, 9.17) is 4.74 Å². The van der Waals surface area contributed by atoms with E-state index >= 15 is 0 Å². The van der Waals surface area contributed by atoms with Crippen molar-refractivity contribution < 1.29 is 29.6 Å². The van der Waals surface area contributed by atoms with Gasteiger partial charge in [0.15, 0.2) is 5.69 Å². The number of aliphatic hydroxyl groups excluding tert-OH is 1. The fourth-order valence-corrected chi connectivity index (χ4v) is 2.62. The highest BCUT2D eigenvalue weighted by Gasteiger charge is 2.32. The molecule has 0 aliphatic carbocycles. The second-order valence-corrected chi connectivity index (χ2v) is 8.80. The number of hydrogen-bond acceptors (Lipinski definition) is 7. The van der Waals surface area contributed by atoms with Gasteiger partial charge >= 0.3 is 12.1 Å².